The molecule has 1 aliphatic heterocycles. The van der Waals surface area contributed by atoms with Gasteiger partial charge in [0.05, 0.1) is 17.6 Å². The minimum Gasteiger partial charge on any atom is -0.465 e. The predicted octanol–water partition coefficient (Wildman–Crippen LogP) is 1.20. The summed E-state index contributed by atoms with van der Waals surface area (Å²) in [7, 11) is -2.53. The number of esters is 1. The van der Waals surface area contributed by atoms with Crippen LogP contribution in [-0.4, -0.2) is 40.1 Å². The highest BCUT2D eigenvalue weighted by Crippen LogP contribution is 2.20. The monoisotopic (exact) mass is 326 g/mol. The Balaban J connectivity index is 2.31. The Hall–Kier alpha value is -1.44. The molecule has 2 rings (SSSR count). The minimum atomic E-state index is -3.76. The maximum absolute atomic E-state index is 12.6. The van der Waals surface area contributed by atoms with Crippen molar-refractivity contribution in [2.24, 2.45) is 0 Å². The van der Waals surface area contributed by atoms with Gasteiger partial charge in [0, 0.05) is 12.1 Å². The van der Waals surface area contributed by atoms with Crippen molar-refractivity contribution in [1.29, 1.82) is 0 Å². The molecule has 2 N–H and O–H groups in total. The molecule has 1 fully saturated rings. The van der Waals surface area contributed by atoms with Crippen molar-refractivity contribution < 1.29 is 17.9 Å². The molecule has 2 atom stereocenters. The van der Waals surface area contributed by atoms with Gasteiger partial charge >= 0.3 is 5.97 Å². The average Bonchev–Trinajstić information content (AvgIpc) is 2.45. The molecule has 1 aliphatic rings. The third-order valence-electron chi connectivity index (χ3n) is 3.78. The molecule has 122 valence electrons. The van der Waals surface area contributed by atoms with Crippen molar-refractivity contribution in [3.63, 3.8) is 0 Å². The lowest BCUT2D eigenvalue weighted by Gasteiger charge is -2.28. The number of aryl methyl sites for hydroxylation is 1. The molecule has 0 aromatic heterocycles. The van der Waals surface area contributed by atoms with Gasteiger partial charge in [-0.3, -0.25) is 0 Å². The van der Waals surface area contributed by atoms with Gasteiger partial charge in [0.1, 0.15) is 0 Å². The number of carbonyl (C=O) groups excluding carboxylic acids is 1. The standard InChI is InChI=1S/C15H22N2O4S/c1-10-4-5-14(13(8-10)15(18)21-3)22(19,20)17-12-6-7-16-11(2)9-12/h4-5,8,11-12,16-17H,6-7,9H2,1-3H3. The quantitative estimate of drug-likeness (QED) is 0.812. The first-order valence-electron chi connectivity index (χ1n) is 7.28. The van der Waals surface area contributed by atoms with Crippen LogP contribution in [0.2, 0.25) is 0 Å². The molecule has 0 radical (unpaired) electrons. The number of hydrogen-bond acceptors (Lipinski definition) is 5. The van der Waals surface area contributed by atoms with E-state index in [4.69, 9.17) is 4.74 Å². The molecule has 0 aliphatic carbocycles. The van der Waals surface area contributed by atoms with E-state index in [9.17, 15) is 13.2 Å². The fourth-order valence-corrected chi connectivity index (χ4v) is 4.13. The second-order valence-corrected chi connectivity index (χ2v) is 7.37. The fraction of sp³-hybridized carbons (Fsp3) is 0.533. The molecule has 22 heavy (non-hydrogen) atoms. The number of methoxy groups -OCH3 is 1. The van der Waals surface area contributed by atoms with Crippen molar-refractivity contribution in [1.82, 2.24) is 10.0 Å². The number of carbonyl (C=O) groups is 1. The lowest BCUT2D eigenvalue weighted by Crippen LogP contribution is -2.46. The Bertz CT molecular complexity index is 658. The van der Waals surface area contributed by atoms with Crippen LogP contribution in [0.4, 0.5) is 0 Å². The lowest BCUT2D eigenvalue weighted by atomic mass is 10.0. The number of hydrogen-bond donors (Lipinski definition) is 2. The topological polar surface area (TPSA) is 84.5 Å². The van der Waals surface area contributed by atoms with Gasteiger partial charge in [0.15, 0.2) is 0 Å². The van der Waals surface area contributed by atoms with Gasteiger partial charge < -0.3 is 10.1 Å². The van der Waals surface area contributed by atoms with Gasteiger partial charge in [-0.05, 0) is 45.4 Å². The van der Waals surface area contributed by atoms with Crippen LogP contribution in [0.5, 0.6) is 0 Å². The third-order valence-corrected chi connectivity index (χ3v) is 5.35. The fourth-order valence-electron chi connectivity index (χ4n) is 2.67. The number of piperidine rings is 1. The highest BCUT2D eigenvalue weighted by atomic mass is 32.2. The van der Waals surface area contributed by atoms with Crippen molar-refractivity contribution in [3.8, 4) is 0 Å². The summed E-state index contributed by atoms with van der Waals surface area (Å²) < 4.78 is 32.6. The molecule has 2 unspecified atom stereocenters. The van der Waals surface area contributed by atoms with Gasteiger partial charge in [0.2, 0.25) is 10.0 Å². The molecule has 0 bridgehead atoms. The summed E-state index contributed by atoms with van der Waals surface area (Å²) in [5.41, 5.74) is 0.867. The molecule has 0 amide bonds. The molecular formula is C15H22N2O4S. The van der Waals surface area contributed by atoms with Crippen molar-refractivity contribution in [2.45, 2.75) is 43.7 Å². The molecule has 0 saturated carbocycles. The number of sulfonamides is 1. The molecule has 1 saturated heterocycles. The van der Waals surface area contributed by atoms with E-state index in [1.807, 2.05) is 6.92 Å². The Labute approximate surface area is 131 Å². The van der Waals surface area contributed by atoms with Crippen molar-refractivity contribution in [3.05, 3.63) is 29.3 Å². The largest absolute Gasteiger partial charge is 0.465 e. The molecule has 6 nitrogen and oxygen atoms in total. The van der Waals surface area contributed by atoms with E-state index in [1.165, 1.54) is 19.2 Å². The van der Waals surface area contributed by atoms with E-state index in [0.717, 1.165) is 24.9 Å². The lowest BCUT2D eigenvalue weighted by molar-refractivity contribution is 0.0596. The molecular weight excluding hydrogens is 304 g/mol. The molecule has 1 heterocycles. The van der Waals surface area contributed by atoms with E-state index >= 15 is 0 Å². The van der Waals surface area contributed by atoms with Crippen LogP contribution in [0.15, 0.2) is 23.1 Å². The smallest absolute Gasteiger partial charge is 0.339 e. The molecule has 7 heteroatoms. The highest BCUT2D eigenvalue weighted by molar-refractivity contribution is 7.89. The number of nitrogens with one attached hydrogen (secondary N) is 2. The zero-order chi connectivity index (χ0) is 16.3. The second kappa shape index (κ2) is 6.76. The predicted molar refractivity (Wildman–Crippen MR) is 83.3 cm³/mol. The van der Waals surface area contributed by atoms with Gasteiger partial charge in [-0.2, -0.15) is 0 Å². The Morgan fingerprint density at radius 3 is 2.77 bits per heavy atom. The molecule has 0 spiro atoms. The van der Waals surface area contributed by atoms with E-state index in [-0.39, 0.29) is 22.5 Å². The van der Waals surface area contributed by atoms with Crippen LogP contribution >= 0.6 is 0 Å². The van der Waals surface area contributed by atoms with Gasteiger partial charge in [-0.15, -0.1) is 0 Å². The van der Waals surface area contributed by atoms with Gasteiger partial charge in [0.25, 0.3) is 0 Å². The SMILES string of the molecule is COC(=O)c1cc(C)ccc1S(=O)(=O)NC1CCNC(C)C1. The first-order valence-corrected chi connectivity index (χ1v) is 8.76. The third kappa shape index (κ3) is 3.85. The Morgan fingerprint density at radius 1 is 1.41 bits per heavy atom. The highest BCUT2D eigenvalue weighted by Gasteiger charge is 2.28. The van der Waals surface area contributed by atoms with E-state index in [0.29, 0.717) is 0 Å². The zero-order valence-electron chi connectivity index (χ0n) is 13.0. The van der Waals surface area contributed by atoms with Crippen LogP contribution < -0.4 is 10.0 Å². The summed E-state index contributed by atoms with van der Waals surface area (Å²) in [6, 6.07) is 4.79. The summed E-state index contributed by atoms with van der Waals surface area (Å²) in [6.07, 6.45) is 1.45. The zero-order valence-corrected chi connectivity index (χ0v) is 13.9. The summed E-state index contributed by atoms with van der Waals surface area (Å²) in [4.78, 5) is 11.8. The first-order chi connectivity index (χ1) is 10.3. The Kier molecular flexibility index (Phi) is 5.20. The summed E-state index contributed by atoms with van der Waals surface area (Å²) >= 11 is 0. The van der Waals surface area contributed by atoms with Crippen molar-refractivity contribution in [2.75, 3.05) is 13.7 Å². The minimum absolute atomic E-state index is 0.0314. The maximum Gasteiger partial charge on any atom is 0.339 e. The van der Waals surface area contributed by atoms with Gasteiger partial charge in [-0.1, -0.05) is 11.6 Å². The summed E-state index contributed by atoms with van der Waals surface area (Å²) in [6.45, 7) is 4.59. The van der Waals surface area contributed by atoms with Crippen LogP contribution in [-0.2, 0) is 14.8 Å². The Morgan fingerprint density at radius 2 is 2.14 bits per heavy atom. The van der Waals surface area contributed by atoms with E-state index in [2.05, 4.69) is 10.0 Å². The summed E-state index contributed by atoms with van der Waals surface area (Å²) in [5, 5.41) is 3.27. The second-order valence-electron chi connectivity index (χ2n) is 5.69. The number of ether oxygens (including phenoxy) is 1. The van der Waals surface area contributed by atoms with Crippen LogP contribution in [0, 0.1) is 6.92 Å². The molecule has 1 aromatic carbocycles. The molecule has 1 aromatic rings. The number of benzene rings is 1. The van der Waals surface area contributed by atoms with Gasteiger partial charge in [-0.25, -0.2) is 17.9 Å². The van der Waals surface area contributed by atoms with Crippen LogP contribution in [0.1, 0.15) is 35.7 Å². The summed E-state index contributed by atoms with van der Waals surface area (Å²) in [5.74, 6) is -0.650. The van der Waals surface area contributed by atoms with Crippen LogP contribution in [0.3, 0.4) is 0 Å². The normalized spacial score (nSPS) is 22.3. The maximum atomic E-state index is 12.6. The van der Waals surface area contributed by atoms with Crippen LogP contribution in [0.25, 0.3) is 0 Å². The first kappa shape index (κ1) is 16.9. The van der Waals surface area contributed by atoms with E-state index in [1.54, 1.807) is 13.0 Å². The van der Waals surface area contributed by atoms with Crippen molar-refractivity contribution >= 4 is 16.0 Å². The van der Waals surface area contributed by atoms with E-state index < -0.39 is 16.0 Å². The number of rotatable bonds is 4. The average molecular weight is 326 g/mol.